The molecule has 0 bridgehead atoms. The maximum absolute atomic E-state index is 13.0. The van der Waals surface area contributed by atoms with Crippen molar-refractivity contribution in [2.24, 2.45) is 0 Å². The first-order valence-electron chi connectivity index (χ1n) is 10.4. The van der Waals surface area contributed by atoms with Gasteiger partial charge in [-0.3, -0.25) is 19.7 Å². The quantitative estimate of drug-likeness (QED) is 0.322. The van der Waals surface area contributed by atoms with E-state index >= 15 is 0 Å². The van der Waals surface area contributed by atoms with Crippen molar-refractivity contribution in [2.75, 3.05) is 16.8 Å². The largest absolute Gasteiger partial charge is 0.482 e. The number of rotatable bonds is 6. The first-order chi connectivity index (χ1) is 17.2. The minimum Gasteiger partial charge on any atom is -0.482 e. The van der Waals surface area contributed by atoms with Crippen LogP contribution < -0.4 is 20.3 Å². The van der Waals surface area contributed by atoms with E-state index in [0.717, 1.165) is 4.90 Å². The number of hydrogen-bond donors (Lipinski definition) is 2. The first kappa shape index (κ1) is 25.2. The number of anilines is 2. The molecule has 11 heteroatoms. The highest BCUT2D eigenvalue weighted by Gasteiger charge is 2.36. The van der Waals surface area contributed by atoms with E-state index in [1.54, 1.807) is 42.5 Å². The first-order valence-corrected chi connectivity index (χ1v) is 11.5. The van der Waals surface area contributed by atoms with Gasteiger partial charge in [-0.1, -0.05) is 59.1 Å². The van der Waals surface area contributed by atoms with Crippen molar-refractivity contribution in [3.8, 4) is 5.75 Å². The SMILES string of the molecule is O=C(COc1ccc(/C=C2\C(=O)NC(=O)N(c3cccc(Cl)c3)C2=O)cc1Cl)Nc1ccccc1Cl. The Balaban J connectivity index is 1.48. The second kappa shape index (κ2) is 10.8. The number of carbonyl (C=O) groups is 4. The number of urea groups is 1. The van der Waals surface area contributed by atoms with Gasteiger partial charge in [-0.05, 0) is 54.1 Å². The number of nitrogens with one attached hydrogen (secondary N) is 2. The third-order valence-electron chi connectivity index (χ3n) is 4.94. The molecule has 5 amide bonds. The molecule has 1 fully saturated rings. The van der Waals surface area contributed by atoms with Crippen LogP contribution in [-0.2, 0) is 14.4 Å². The molecule has 1 aliphatic rings. The van der Waals surface area contributed by atoms with Gasteiger partial charge in [0.05, 0.1) is 21.4 Å². The van der Waals surface area contributed by atoms with Crippen molar-refractivity contribution in [1.29, 1.82) is 0 Å². The second-order valence-electron chi connectivity index (χ2n) is 7.44. The molecule has 0 spiro atoms. The summed E-state index contributed by atoms with van der Waals surface area (Å²) in [5, 5.41) is 5.61. The summed E-state index contributed by atoms with van der Waals surface area (Å²) in [6.07, 6.45) is 1.29. The number of carbonyl (C=O) groups excluding carboxylic acids is 4. The molecule has 0 radical (unpaired) electrons. The van der Waals surface area contributed by atoms with Gasteiger partial charge in [0.25, 0.3) is 17.7 Å². The Morgan fingerprint density at radius 2 is 1.72 bits per heavy atom. The number of barbiturate groups is 1. The van der Waals surface area contributed by atoms with E-state index in [1.807, 2.05) is 0 Å². The Kier molecular flexibility index (Phi) is 7.59. The van der Waals surface area contributed by atoms with Crippen LogP contribution in [-0.4, -0.2) is 30.4 Å². The molecule has 1 heterocycles. The monoisotopic (exact) mass is 543 g/mol. The summed E-state index contributed by atoms with van der Waals surface area (Å²) in [5.74, 6) is -1.90. The van der Waals surface area contributed by atoms with Crippen molar-refractivity contribution in [3.05, 3.63) is 92.9 Å². The minimum absolute atomic E-state index is 0.140. The van der Waals surface area contributed by atoms with Gasteiger partial charge in [-0.15, -0.1) is 0 Å². The normalized spacial score (nSPS) is 14.6. The third kappa shape index (κ3) is 5.68. The average Bonchev–Trinajstić information content (AvgIpc) is 2.82. The van der Waals surface area contributed by atoms with Crippen LogP contribution in [0.5, 0.6) is 5.75 Å². The van der Waals surface area contributed by atoms with E-state index in [0.29, 0.717) is 21.3 Å². The zero-order valence-electron chi connectivity index (χ0n) is 18.3. The molecule has 0 saturated carbocycles. The van der Waals surface area contributed by atoms with Gasteiger partial charge in [0, 0.05) is 5.02 Å². The molecular weight excluding hydrogens is 529 g/mol. The summed E-state index contributed by atoms with van der Waals surface area (Å²) < 4.78 is 5.48. The molecule has 0 aliphatic carbocycles. The fraction of sp³-hybridized carbons (Fsp3) is 0.0400. The molecule has 0 atom stereocenters. The number of para-hydroxylation sites is 1. The Labute approximate surface area is 220 Å². The Morgan fingerprint density at radius 1 is 0.944 bits per heavy atom. The number of amides is 5. The van der Waals surface area contributed by atoms with E-state index in [-0.39, 0.29) is 28.6 Å². The van der Waals surface area contributed by atoms with Crippen LogP contribution in [0.1, 0.15) is 5.56 Å². The van der Waals surface area contributed by atoms with Crippen molar-refractivity contribution in [1.82, 2.24) is 5.32 Å². The number of ether oxygens (including phenoxy) is 1. The fourth-order valence-electron chi connectivity index (χ4n) is 3.29. The Bertz CT molecular complexity index is 1420. The second-order valence-corrected chi connectivity index (χ2v) is 8.70. The molecule has 3 aromatic rings. The highest BCUT2D eigenvalue weighted by atomic mass is 35.5. The third-order valence-corrected chi connectivity index (χ3v) is 5.80. The van der Waals surface area contributed by atoms with E-state index in [1.165, 1.54) is 30.3 Å². The molecule has 36 heavy (non-hydrogen) atoms. The van der Waals surface area contributed by atoms with E-state index in [4.69, 9.17) is 39.5 Å². The summed E-state index contributed by atoms with van der Waals surface area (Å²) in [4.78, 5) is 50.7. The molecule has 1 saturated heterocycles. The number of benzene rings is 3. The highest BCUT2D eigenvalue weighted by molar-refractivity contribution is 6.39. The fourth-order valence-corrected chi connectivity index (χ4v) is 3.90. The van der Waals surface area contributed by atoms with Crippen LogP contribution in [0.15, 0.2) is 72.3 Å². The Hall–Kier alpha value is -3.85. The minimum atomic E-state index is -0.888. The number of hydrogen-bond acceptors (Lipinski definition) is 5. The lowest BCUT2D eigenvalue weighted by atomic mass is 10.1. The van der Waals surface area contributed by atoms with Crippen LogP contribution in [0.4, 0.5) is 16.2 Å². The summed E-state index contributed by atoms with van der Waals surface area (Å²) >= 11 is 18.3. The zero-order chi connectivity index (χ0) is 25.8. The molecule has 3 aromatic carbocycles. The smallest absolute Gasteiger partial charge is 0.335 e. The predicted octanol–water partition coefficient (Wildman–Crippen LogP) is 5.33. The van der Waals surface area contributed by atoms with Crippen molar-refractivity contribution < 1.29 is 23.9 Å². The lowest BCUT2D eigenvalue weighted by molar-refractivity contribution is -0.122. The van der Waals surface area contributed by atoms with Crippen LogP contribution in [0.3, 0.4) is 0 Å². The molecule has 8 nitrogen and oxygen atoms in total. The lowest BCUT2D eigenvalue weighted by Gasteiger charge is -2.26. The van der Waals surface area contributed by atoms with Crippen LogP contribution in [0.2, 0.25) is 15.1 Å². The molecule has 182 valence electrons. The highest BCUT2D eigenvalue weighted by Crippen LogP contribution is 2.29. The standard InChI is InChI=1S/C25H16Cl3N3O5/c26-15-4-3-5-16(12-15)31-24(34)17(23(33)30-25(31)35)10-14-8-9-21(19(28)11-14)36-13-22(32)29-20-7-2-1-6-18(20)27/h1-12H,13H2,(H,29,32)(H,30,33,35)/b17-10+. The summed E-state index contributed by atoms with van der Waals surface area (Å²) in [5.41, 5.74) is 0.770. The van der Waals surface area contributed by atoms with Crippen LogP contribution in [0.25, 0.3) is 6.08 Å². The van der Waals surface area contributed by atoms with E-state index in [9.17, 15) is 19.2 Å². The molecule has 1 aliphatic heterocycles. The zero-order valence-corrected chi connectivity index (χ0v) is 20.5. The van der Waals surface area contributed by atoms with Gasteiger partial charge >= 0.3 is 6.03 Å². The van der Waals surface area contributed by atoms with Crippen molar-refractivity contribution in [3.63, 3.8) is 0 Å². The summed E-state index contributed by atoms with van der Waals surface area (Å²) in [6.45, 7) is -0.330. The average molecular weight is 545 g/mol. The van der Waals surface area contributed by atoms with E-state index in [2.05, 4.69) is 10.6 Å². The van der Waals surface area contributed by atoms with E-state index < -0.39 is 23.8 Å². The maximum Gasteiger partial charge on any atom is 0.335 e. The topological polar surface area (TPSA) is 105 Å². The molecular formula is C25H16Cl3N3O5. The van der Waals surface area contributed by atoms with Gasteiger partial charge in [-0.2, -0.15) is 0 Å². The van der Waals surface area contributed by atoms with Gasteiger partial charge in [0.15, 0.2) is 6.61 Å². The molecule has 0 unspecified atom stereocenters. The molecule has 0 aromatic heterocycles. The Morgan fingerprint density at radius 3 is 2.44 bits per heavy atom. The van der Waals surface area contributed by atoms with Gasteiger partial charge in [0.2, 0.25) is 0 Å². The molecule has 2 N–H and O–H groups in total. The van der Waals surface area contributed by atoms with Gasteiger partial charge in [-0.25, -0.2) is 9.69 Å². The van der Waals surface area contributed by atoms with Gasteiger partial charge < -0.3 is 10.1 Å². The number of imide groups is 2. The van der Waals surface area contributed by atoms with Crippen molar-refractivity contribution in [2.45, 2.75) is 0 Å². The van der Waals surface area contributed by atoms with Crippen LogP contribution >= 0.6 is 34.8 Å². The maximum atomic E-state index is 13.0. The lowest BCUT2D eigenvalue weighted by Crippen LogP contribution is -2.54. The summed E-state index contributed by atoms with van der Waals surface area (Å²) in [7, 11) is 0. The summed E-state index contributed by atoms with van der Waals surface area (Å²) in [6, 6.07) is 16.5. The van der Waals surface area contributed by atoms with Crippen LogP contribution in [0, 0.1) is 0 Å². The molecule has 4 rings (SSSR count). The predicted molar refractivity (Wildman–Crippen MR) is 137 cm³/mol. The number of nitrogens with zero attached hydrogens (tertiary/aromatic N) is 1. The number of halogens is 3. The van der Waals surface area contributed by atoms with Gasteiger partial charge in [0.1, 0.15) is 11.3 Å². The van der Waals surface area contributed by atoms with Crippen molar-refractivity contribution >= 4 is 76.0 Å².